The number of nitrogens with one attached hydrogen (secondary N) is 1. The number of carbonyl (C=O) groups is 1. The quantitative estimate of drug-likeness (QED) is 0.817. The van der Waals surface area contributed by atoms with E-state index in [-0.39, 0.29) is 11.9 Å². The summed E-state index contributed by atoms with van der Waals surface area (Å²) in [6, 6.07) is 7.60. The second kappa shape index (κ2) is 7.97. The molecule has 6 nitrogen and oxygen atoms in total. The summed E-state index contributed by atoms with van der Waals surface area (Å²) in [6.45, 7) is 4.79. The second-order valence-electron chi connectivity index (χ2n) is 6.31. The second-order valence-corrected chi connectivity index (χ2v) is 6.31. The Labute approximate surface area is 143 Å². The van der Waals surface area contributed by atoms with E-state index in [1.54, 1.807) is 25.3 Å². The smallest absolute Gasteiger partial charge is 0.257 e. The molecular weight excluding hydrogens is 304 g/mol. The van der Waals surface area contributed by atoms with Gasteiger partial charge in [-0.2, -0.15) is 5.10 Å². The van der Waals surface area contributed by atoms with Gasteiger partial charge >= 0.3 is 0 Å². The lowest BCUT2D eigenvalue weighted by atomic mass is 10.0. The number of ether oxygens (including phenoxy) is 1. The maximum atomic E-state index is 12.7. The van der Waals surface area contributed by atoms with E-state index in [0.29, 0.717) is 23.7 Å². The summed E-state index contributed by atoms with van der Waals surface area (Å²) >= 11 is 0. The molecule has 130 valence electrons. The van der Waals surface area contributed by atoms with Crippen LogP contribution in [-0.2, 0) is 0 Å². The van der Waals surface area contributed by atoms with Gasteiger partial charge in [0.2, 0.25) is 0 Å². The zero-order valence-electron chi connectivity index (χ0n) is 14.7. The fourth-order valence-electron chi connectivity index (χ4n) is 2.41. The Balaban J connectivity index is 2.11. The Morgan fingerprint density at radius 3 is 2.58 bits per heavy atom. The summed E-state index contributed by atoms with van der Waals surface area (Å²) in [6.07, 6.45) is 2.34. The topological polar surface area (TPSA) is 84.2 Å². The molecule has 1 aromatic carbocycles. The van der Waals surface area contributed by atoms with Crippen LogP contribution in [0.4, 0.5) is 0 Å². The van der Waals surface area contributed by atoms with Gasteiger partial charge in [-0.3, -0.25) is 9.89 Å². The predicted octanol–water partition coefficient (Wildman–Crippen LogP) is 2.53. The van der Waals surface area contributed by atoms with Gasteiger partial charge in [-0.15, -0.1) is 0 Å². The minimum atomic E-state index is -0.0643. The molecule has 0 spiro atoms. The Morgan fingerprint density at radius 1 is 1.33 bits per heavy atom. The number of nitrogens with two attached hydrogens (primary N) is 1. The van der Waals surface area contributed by atoms with E-state index < -0.39 is 0 Å². The molecule has 1 heterocycles. The van der Waals surface area contributed by atoms with Crippen molar-refractivity contribution in [2.24, 2.45) is 11.7 Å². The van der Waals surface area contributed by atoms with Crippen LogP contribution in [0.25, 0.3) is 11.3 Å². The van der Waals surface area contributed by atoms with E-state index in [1.807, 2.05) is 24.3 Å². The largest absolute Gasteiger partial charge is 0.497 e. The fraction of sp³-hybridized carbons (Fsp3) is 0.444. The van der Waals surface area contributed by atoms with E-state index in [1.165, 1.54) is 0 Å². The van der Waals surface area contributed by atoms with Gasteiger partial charge in [0.05, 0.1) is 24.6 Å². The molecule has 6 heteroatoms. The normalized spacial score (nSPS) is 12.2. The zero-order valence-corrected chi connectivity index (χ0v) is 14.7. The lowest BCUT2D eigenvalue weighted by molar-refractivity contribution is 0.0790. The average molecular weight is 330 g/mol. The van der Waals surface area contributed by atoms with Crippen molar-refractivity contribution >= 4 is 5.91 Å². The molecule has 1 unspecified atom stereocenters. The summed E-state index contributed by atoms with van der Waals surface area (Å²) in [5.41, 5.74) is 8.22. The summed E-state index contributed by atoms with van der Waals surface area (Å²) in [7, 11) is 3.41. The number of rotatable bonds is 7. The number of hydrogen-bond donors (Lipinski definition) is 2. The number of aromatic amines is 1. The number of benzene rings is 1. The van der Waals surface area contributed by atoms with Gasteiger partial charge in [-0.05, 0) is 36.6 Å². The van der Waals surface area contributed by atoms with Crippen LogP contribution in [0.2, 0.25) is 0 Å². The molecule has 2 aromatic rings. The summed E-state index contributed by atoms with van der Waals surface area (Å²) < 4.78 is 5.16. The molecule has 24 heavy (non-hydrogen) atoms. The number of H-pyrrole nitrogens is 1. The fourth-order valence-corrected chi connectivity index (χ4v) is 2.41. The Morgan fingerprint density at radius 2 is 2.00 bits per heavy atom. The molecule has 0 saturated heterocycles. The number of aromatic nitrogens is 2. The predicted molar refractivity (Wildman–Crippen MR) is 95.0 cm³/mol. The first-order valence-corrected chi connectivity index (χ1v) is 8.13. The maximum absolute atomic E-state index is 12.7. The molecule has 0 aliphatic carbocycles. The van der Waals surface area contributed by atoms with E-state index >= 15 is 0 Å². The van der Waals surface area contributed by atoms with E-state index in [4.69, 9.17) is 10.5 Å². The standard InChI is InChI=1S/C18H26N4O2/c1-12(2)16(19)9-10-22(3)18(23)15-11-20-21-17(15)13-5-7-14(24-4)8-6-13/h5-8,11-12,16H,9-10,19H2,1-4H3,(H,20,21). The van der Waals surface area contributed by atoms with E-state index in [0.717, 1.165) is 17.7 Å². The lowest BCUT2D eigenvalue weighted by Gasteiger charge is -2.21. The first-order chi connectivity index (χ1) is 11.4. The van der Waals surface area contributed by atoms with Crippen LogP contribution >= 0.6 is 0 Å². The van der Waals surface area contributed by atoms with Crippen molar-refractivity contribution in [3.63, 3.8) is 0 Å². The molecular formula is C18H26N4O2. The van der Waals surface area contributed by atoms with Gasteiger partial charge in [0.25, 0.3) is 5.91 Å². The molecule has 2 rings (SSSR count). The van der Waals surface area contributed by atoms with Gasteiger partial charge in [0.15, 0.2) is 0 Å². The van der Waals surface area contributed by atoms with Crippen LogP contribution in [-0.4, -0.2) is 47.7 Å². The Kier molecular flexibility index (Phi) is 5.98. The highest BCUT2D eigenvalue weighted by Crippen LogP contribution is 2.24. The average Bonchev–Trinajstić information content (AvgIpc) is 3.08. The van der Waals surface area contributed by atoms with Crippen molar-refractivity contribution < 1.29 is 9.53 Å². The molecule has 3 N–H and O–H groups in total. The summed E-state index contributed by atoms with van der Waals surface area (Å²) in [4.78, 5) is 14.4. The van der Waals surface area contributed by atoms with Crippen molar-refractivity contribution in [2.45, 2.75) is 26.3 Å². The van der Waals surface area contributed by atoms with Gasteiger partial charge in [-0.25, -0.2) is 0 Å². The minimum absolute atomic E-state index is 0.0643. The number of methoxy groups -OCH3 is 1. The van der Waals surface area contributed by atoms with Gasteiger partial charge in [-0.1, -0.05) is 13.8 Å². The number of carbonyl (C=O) groups excluding carboxylic acids is 1. The van der Waals surface area contributed by atoms with Crippen LogP contribution in [0.15, 0.2) is 30.5 Å². The lowest BCUT2D eigenvalue weighted by Crippen LogP contribution is -2.34. The number of hydrogen-bond acceptors (Lipinski definition) is 4. The van der Waals surface area contributed by atoms with E-state index in [9.17, 15) is 4.79 Å². The van der Waals surface area contributed by atoms with Crippen LogP contribution in [0.1, 0.15) is 30.6 Å². The van der Waals surface area contributed by atoms with Crippen LogP contribution in [0.5, 0.6) is 5.75 Å². The van der Waals surface area contributed by atoms with Crippen molar-refractivity contribution in [2.75, 3.05) is 20.7 Å². The monoisotopic (exact) mass is 330 g/mol. The van der Waals surface area contributed by atoms with Crippen molar-refractivity contribution in [3.05, 3.63) is 36.0 Å². The first kappa shape index (κ1) is 18.0. The summed E-state index contributed by atoms with van der Waals surface area (Å²) in [5, 5.41) is 6.95. The Bertz CT molecular complexity index is 664. The Hall–Kier alpha value is -2.34. The highest BCUT2D eigenvalue weighted by molar-refractivity contribution is 5.99. The highest BCUT2D eigenvalue weighted by Gasteiger charge is 2.20. The van der Waals surface area contributed by atoms with Crippen molar-refractivity contribution in [3.8, 4) is 17.0 Å². The molecule has 0 aliphatic heterocycles. The van der Waals surface area contributed by atoms with Crippen molar-refractivity contribution in [1.82, 2.24) is 15.1 Å². The first-order valence-electron chi connectivity index (χ1n) is 8.13. The molecule has 0 fully saturated rings. The molecule has 0 radical (unpaired) electrons. The highest BCUT2D eigenvalue weighted by atomic mass is 16.5. The molecule has 1 amide bonds. The van der Waals surface area contributed by atoms with Crippen LogP contribution in [0.3, 0.4) is 0 Å². The molecule has 0 aliphatic rings. The maximum Gasteiger partial charge on any atom is 0.257 e. The third-order valence-corrected chi connectivity index (χ3v) is 4.25. The number of nitrogens with zero attached hydrogens (tertiary/aromatic N) is 2. The zero-order chi connectivity index (χ0) is 17.7. The van der Waals surface area contributed by atoms with Gasteiger partial charge in [0.1, 0.15) is 5.75 Å². The minimum Gasteiger partial charge on any atom is -0.497 e. The molecule has 0 saturated carbocycles. The molecule has 1 aromatic heterocycles. The summed E-state index contributed by atoms with van der Waals surface area (Å²) in [5.74, 6) is 1.11. The van der Waals surface area contributed by atoms with Crippen molar-refractivity contribution in [1.29, 1.82) is 0 Å². The number of amides is 1. The van der Waals surface area contributed by atoms with E-state index in [2.05, 4.69) is 24.0 Å². The van der Waals surface area contributed by atoms with Gasteiger partial charge < -0.3 is 15.4 Å². The van der Waals surface area contributed by atoms with Gasteiger partial charge in [0, 0.05) is 25.2 Å². The third-order valence-electron chi connectivity index (χ3n) is 4.25. The third kappa shape index (κ3) is 4.14. The van der Waals surface area contributed by atoms with Crippen LogP contribution < -0.4 is 10.5 Å². The molecule has 0 bridgehead atoms. The SMILES string of the molecule is COc1ccc(-c2[nH]ncc2C(=O)N(C)CCC(N)C(C)C)cc1. The molecule has 1 atom stereocenters. The van der Waals surface area contributed by atoms with Crippen LogP contribution in [0, 0.1) is 5.92 Å².